The van der Waals surface area contributed by atoms with Crippen LogP contribution in [0.15, 0.2) is 24.3 Å². The molecule has 0 saturated heterocycles. The molecule has 1 atom stereocenters. The van der Waals surface area contributed by atoms with Gasteiger partial charge in [0.1, 0.15) is 0 Å². The van der Waals surface area contributed by atoms with E-state index >= 15 is 0 Å². The molecule has 1 rings (SSSR count). The highest BCUT2D eigenvalue weighted by Crippen LogP contribution is 2.17. The molecule has 1 unspecified atom stereocenters. The van der Waals surface area contributed by atoms with E-state index in [1.165, 1.54) is 12.1 Å². The van der Waals surface area contributed by atoms with Gasteiger partial charge < -0.3 is 10.4 Å². The molecule has 0 bridgehead atoms. The summed E-state index contributed by atoms with van der Waals surface area (Å²) in [6, 6.07) is 6.00. The fourth-order valence-electron chi connectivity index (χ4n) is 1.57. The SMILES string of the molecule is CC(C)CCNCC(O)c1ccc([N+](=O)[O-])cc1. The minimum absolute atomic E-state index is 0.0405. The van der Waals surface area contributed by atoms with E-state index in [4.69, 9.17) is 0 Å². The first-order chi connectivity index (χ1) is 8.50. The van der Waals surface area contributed by atoms with Crippen LogP contribution >= 0.6 is 0 Å². The predicted molar refractivity (Wildman–Crippen MR) is 70.4 cm³/mol. The molecule has 0 heterocycles. The van der Waals surface area contributed by atoms with E-state index in [2.05, 4.69) is 19.2 Å². The first-order valence-corrected chi connectivity index (χ1v) is 6.14. The fourth-order valence-corrected chi connectivity index (χ4v) is 1.57. The molecular weight excluding hydrogens is 232 g/mol. The average molecular weight is 252 g/mol. The number of nitrogens with zero attached hydrogens (tertiary/aromatic N) is 1. The van der Waals surface area contributed by atoms with E-state index in [0.29, 0.717) is 18.0 Å². The summed E-state index contributed by atoms with van der Waals surface area (Å²) in [6.45, 7) is 5.62. The molecule has 0 amide bonds. The standard InChI is InChI=1S/C13H20N2O3/c1-10(2)7-8-14-9-13(16)11-3-5-12(6-4-11)15(17)18/h3-6,10,13-14,16H,7-9H2,1-2H3. The molecule has 1 aromatic carbocycles. The summed E-state index contributed by atoms with van der Waals surface area (Å²) in [5.41, 5.74) is 0.733. The Morgan fingerprint density at radius 3 is 2.44 bits per heavy atom. The van der Waals surface area contributed by atoms with Gasteiger partial charge in [0.25, 0.3) is 5.69 Å². The lowest BCUT2D eigenvalue weighted by molar-refractivity contribution is -0.384. The van der Waals surface area contributed by atoms with Gasteiger partial charge in [0.05, 0.1) is 11.0 Å². The van der Waals surface area contributed by atoms with Crippen molar-refractivity contribution in [2.45, 2.75) is 26.4 Å². The van der Waals surface area contributed by atoms with Crippen molar-refractivity contribution in [1.29, 1.82) is 0 Å². The second-order valence-corrected chi connectivity index (χ2v) is 4.75. The van der Waals surface area contributed by atoms with E-state index in [1.807, 2.05) is 0 Å². The maximum atomic E-state index is 10.5. The number of hydrogen-bond acceptors (Lipinski definition) is 4. The van der Waals surface area contributed by atoms with Gasteiger partial charge in [-0.1, -0.05) is 13.8 Å². The van der Waals surface area contributed by atoms with Crippen molar-refractivity contribution in [1.82, 2.24) is 5.32 Å². The molecule has 0 aliphatic carbocycles. The van der Waals surface area contributed by atoms with Crippen LogP contribution in [0.2, 0.25) is 0 Å². The summed E-state index contributed by atoms with van der Waals surface area (Å²) in [5.74, 6) is 0.633. The van der Waals surface area contributed by atoms with Crippen molar-refractivity contribution >= 4 is 5.69 Å². The van der Waals surface area contributed by atoms with Crippen LogP contribution in [0.1, 0.15) is 31.9 Å². The Morgan fingerprint density at radius 2 is 1.94 bits per heavy atom. The largest absolute Gasteiger partial charge is 0.387 e. The van der Waals surface area contributed by atoms with Gasteiger partial charge in [-0.2, -0.15) is 0 Å². The lowest BCUT2D eigenvalue weighted by atomic mass is 10.1. The van der Waals surface area contributed by atoms with Gasteiger partial charge >= 0.3 is 0 Å². The number of nitrogens with one attached hydrogen (secondary N) is 1. The summed E-state index contributed by atoms with van der Waals surface area (Å²) in [7, 11) is 0. The van der Waals surface area contributed by atoms with Crippen LogP contribution in [0.5, 0.6) is 0 Å². The maximum Gasteiger partial charge on any atom is 0.269 e. The highest BCUT2D eigenvalue weighted by molar-refractivity contribution is 5.33. The topological polar surface area (TPSA) is 75.4 Å². The molecule has 0 spiro atoms. The van der Waals surface area contributed by atoms with Crippen LogP contribution < -0.4 is 5.32 Å². The number of aliphatic hydroxyl groups excluding tert-OH is 1. The summed E-state index contributed by atoms with van der Waals surface area (Å²) in [4.78, 5) is 10.0. The van der Waals surface area contributed by atoms with E-state index in [-0.39, 0.29) is 5.69 Å². The normalized spacial score (nSPS) is 12.7. The molecule has 100 valence electrons. The number of aliphatic hydroxyl groups is 1. The van der Waals surface area contributed by atoms with Crippen LogP contribution in [-0.4, -0.2) is 23.1 Å². The lowest BCUT2D eigenvalue weighted by Gasteiger charge is -2.12. The van der Waals surface area contributed by atoms with E-state index in [0.717, 1.165) is 13.0 Å². The Labute approximate surface area is 107 Å². The molecule has 0 aromatic heterocycles. The number of non-ortho nitro benzene ring substituents is 1. The predicted octanol–water partition coefficient (Wildman–Crippen LogP) is 2.26. The Kier molecular flexibility index (Phi) is 5.74. The summed E-state index contributed by atoms with van der Waals surface area (Å²) in [5, 5.41) is 23.5. The first kappa shape index (κ1) is 14.6. The van der Waals surface area contributed by atoms with Gasteiger partial charge in [0.15, 0.2) is 0 Å². The number of nitro groups is 1. The van der Waals surface area contributed by atoms with Crippen molar-refractivity contribution in [3.05, 3.63) is 39.9 Å². The van der Waals surface area contributed by atoms with Crippen molar-refractivity contribution < 1.29 is 10.0 Å². The third-order valence-electron chi connectivity index (χ3n) is 2.72. The third kappa shape index (κ3) is 4.81. The number of hydrogen-bond donors (Lipinski definition) is 2. The molecule has 0 saturated carbocycles. The minimum atomic E-state index is -0.627. The van der Waals surface area contributed by atoms with Crippen LogP contribution in [0.3, 0.4) is 0 Å². The quantitative estimate of drug-likeness (QED) is 0.443. The zero-order valence-corrected chi connectivity index (χ0v) is 10.8. The summed E-state index contributed by atoms with van der Waals surface area (Å²) < 4.78 is 0. The van der Waals surface area contributed by atoms with Crippen LogP contribution in [0, 0.1) is 16.0 Å². The van der Waals surface area contributed by atoms with Gasteiger partial charge in [0, 0.05) is 18.7 Å². The molecule has 5 nitrogen and oxygen atoms in total. The van der Waals surface area contributed by atoms with Gasteiger partial charge in [-0.15, -0.1) is 0 Å². The Balaban J connectivity index is 2.41. The van der Waals surface area contributed by atoms with E-state index in [1.54, 1.807) is 12.1 Å². The van der Waals surface area contributed by atoms with Crippen LogP contribution in [0.4, 0.5) is 5.69 Å². The van der Waals surface area contributed by atoms with E-state index in [9.17, 15) is 15.2 Å². The minimum Gasteiger partial charge on any atom is -0.387 e. The second-order valence-electron chi connectivity index (χ2n) is 4.75. The molecule has 0 aliphatic rings. The summed E-state index contributed by atoms with van der Waals surface area (Å²) in [6.07, 6.45) is 0.436. The summed E-state index contributed by atoms with van der Waals surface area (Å²) >= 11 is 0. The monoisotopic (exact) mass is 252 g/mol. The molecule has 2 N–H and O–H groups in total. The molecule has 1 aromatic rings. The van der Waals surface area contributed by atoms with Gasteiger partial charge in [-0.3, -0.25) is 10.1 Å². The maximum absolute atomic E-state index is 10.5. The van der Waals surface area contributed by atoms with E-state index < -0.39 is 11.0 Å². The highest BCUT2D eigenvalue weighted by atomic mass is 16.6. The number of benzene rings is 1. The third-order valence-corrected chi connectivity index (χ3v) is 2.72. The zero-order valence-electron chi connectivity index (χ0n) is 10.8. The molecule has 0 aliphatic heterocycles. The van der Waals surface area contributed by atoms with Gasteiger partial charge in [-0.05, 0) is 36.6 Å². The molecule has 0 fully saturated rings. The average Bonchev–Trinajstić information content (AvgIpc) is 2.34. The smallest absolute Gasteiger partial charge is 0.269 e. The first-order valence-electron chi connectivity index (χ1n) is 6.14. The molecule has 18 heavy (non-hydrogen) atoms. The van der Waals surface area contributed by atoms with Crippen LogP contribution in [0.25, 0.3) is 0 Å². The van der Waals surface area contributed by atoms with Crippen molar-refractivity contribution in [3.63, 3.8) is 0 Å². The zero-order chi connectivity index (χ0) is 13.5. The number of rotatable bonds is 7. The number of nitro benzene ring substituents is 1. The van der Waals surface area contributed by atoms with Crippen molar-refractivity contribution in [3.8, 4) is 0 Å². The molecular formula is C13H20N2O3. The van der Waals surface area contributed by atoms with Crippen molar-refractivity contribution in [2.24, 2.45) is 5.92 Å². The van der Waals surface area contributed by atoms with Crippen LogP contribution in [-0.2, 0) is 0 Å². The van der Waals surface area contributed by atoms with Crippen molar-refractivity contribution in [2.75, 3.05) is 13.1 Å². The Bertz CT molecular complexity index is 376. The molecule has 5 heteroatoms. The van der Waals surface area contributed by atoms with Gasteiger partial charge in [0.2, 0.25) is 0 Å². The highest BCUT2D eigenvalue weighted by Gasteiger charge is 2.10. The lowest BCUT2D eigenvalue weighted by Crippen LogP contribution is -2.23. The van der Waals surface area contributed by atoms with Gasteiger partial charge in [-0.25, -0.2) is 0 Å². The second kappa shape index (κ2) is 7.08. The Morgan fingerprint density at radius 1 is 1.33 bits per heavy atom. The molecule has 0 radical (unpaired) electrons. The Hall–Kier alpha value is -1.46. The fraction of sp³-hybridized carbons (Fsp3) is 0.538.